The highest BCUT2D eigenvalue weighted by Crippen LogP contribution is 2.30. The second kappa shape index (κ2) is 28.9. The van der Waals surface area contributed by atoms with Gasteiger partial charge in [-0.3, -0.25) is 4.79 Å². The summed E-state index contributed by atoms with van der Waals surface area (Å²) in [7, 11) is 3.26. The molecule has 0 aliphatic carbocycles. The van der Waals surface area contributed by atoms with Crippen LogP contribution < -0.4 is 9.47 Å². The van der Waals surface area contributed by atoms with Gasteiger partial charge in [-0.2, -0.15) is 0 Å². The SMILES string of the molecule is BrB(Br)Br.CC.CC.COc1cccc(-c2csc(-c3ccccc3)n2)c1.COc1cccc(C(=O)CBr)c1.ClCCl. The molecule has 0 fully saturated rings. The van der Waals surface area contributed by atoms with Crippen molar-refractivity contribution in [1.29, 1.82) is 0 Å². The molecule has 0 spiro atoms. The van der Waals surface area contributed by atoms with E-state index in [0.29, 0.717) is 16.6 Å². The Morgan fingerprint density at radius 1 is 0.810 bits per heavy atom. The van der Waals surface area contributed by atoms with Crippen molar-refractivity contribution in [3.63, 3.8) is 0 Å². The zero-order chi connectivity index (χ0) is 32.3. The zero-order valence-electron chi connectivity index (χ0n) is 24.4. The monoisotopic (exact) mass is 887 g/mol. The second-order valence-corrected chi connectivity index (χ2v) is 15.4. The van der Waals surface area contributed by atoms with Gasteiger partial charge in [-0.05, 0) is 24.3 Å². The lowest BCUT2D eigenvalue weighted by molar-refractivity contribution is 0.102. The summed E-state index contributed by atoms with van der Waals surface area (Å²) in [5.41, 5.74) is 3.90. The topological polar surface area (TPSA) is 48.4 Å². The minimum Gasteiger partial charge on any atom is -0.497 e. The van der Waals surface area contributed by atoms with E-state index in [2.05, 4.69) is 85.7 Å². The van der Waals surface area contributed by atoms with Gasteiger partial charge in [-0.25, -0.2) is 4.98 Å². The first-order valence-corrected chi connectivity index (χ1v) is 18.5. The van der Waals surface area contributed by atoms with Crippen molar-refractivity contribution in [2.75, 3.05) is 24.9 Å². The van der Waals surface area contributed by atoms with Crippen LogP contribution in [0.1, 0.15) is 38.1 Å². The minimum absolute atomic E-state index is 0.0638. The number of hydrogen-bond acceptors (Lipinski definition) is 5. The molecule has 1 aromatic heterocycles. The Morgan fingerprint density at radius 3 is 1.79 bits per heavy atom. The van der Waals surface area contributed by atoms with Crippen LogP contribution in [0.3, 0.4) is 0 Å². The van der Waals surface area contributed by atoms with Crippen LogP contribution in [0.5, 0.6) is 11.5 Å². The Morgan fingerprint density at radius 2 is 1.29 bits per heavy atom. The number of benzene rings is 3. The summed E-state index contributed by atoms with van der Waals surface area (Å²) in [4.78, 5) is 15.9. The average molecular weight is 892 g/mol. The highest BCUT2D eigenvalue weighted by atomic mass is 79.9. The number of carbonyl (C=O) groups is 1. The summed E-state index contributed by atoms with van der Waals surface area (Å²) >= 11 is 23.6. The van der Waals surface area contributed by atoms with Gasteiger partial charge in [-0.15, -0.1) is 81.8 Å². The number of carbonyl (C=O) groups excluding carboxylic acids is 1. The Bertz CT molecular complexity index is 1220. The van der Waals surface area contributed by atoms with Gasteiger partial charge in [-0.1, -0.05) is 98.2 Å². The van der Waals surface area contributed by atoms with Gasteiger partial charge in [0.05, 0.1) is 30.6 Å². The Balaban J connectivity index is 0. The quantitative estimate of drug-likeness (QED) is 0.110. The lowest BCUT2D eigenvalue weighted by atomic mass is 10.1. The summed E-state index contributed by atoms with van der Waals surface area (Å²) in [6, 6.07) is 25.3. The first-order chi connectivity index (χ1) is 20.3. The molecule has 0 aliphatic rings. The van der Waals surface area contributed by atoms with E-state index in [0.717, 1.165) is 27.6 Å². The van der Waals surface area contributed by atoms with Gasteiger partial charge < -0.3 is 9.47 Å². The average Bonchev–Trinajstić information content (AvgIpc) is 3.54. The molecule has 0 radical (unpaired) electrons. The predicted molar refractivity (Wildman–Crippen MR) is 202 cm³/mol. The number of nitrogens with zero attached hydrogens (tertiary/aromatic N) is 1. The molecule has 0 amide bonds. The van der Waals surface area contributed by atoms with E-state index in [1.807, 2.05) is 76.2 Å². The van der Waals surface area contributed by atoms with Crippen molar-refractivity contribution < 1.29 is 14.3 Å². The highest BCUT2D eigenvalue weighted by Gasteiger charge is 2.07. The summed E-state index contributed by atoms with van der Waals surface area (Å²) in [5, 5.41) is 3.66. The Kier molecular flexibility index (Phi) is 29.7. The van der Waals surface area contributed by atoms with Crippen molar-refractivity contribution in [3.8, 4) is 33.3 Å². The van der Waals surface area contributed by atoms with Crippen LogP contribution in [-0.4, -0.2) is 38.8 Å². The Labute approximate surface area is 299 Å². The standard InChI is InChI=1S/C16H13NOS.C9H9BrO2.2C2H6.CH2Cl2.BBr3/c1-18-14-9-5-8-13(10-14)15-11-19-16(17-15)12-6-3-2-4-7-12;1-12-8-4-2-3-7(5-8)9(11)6-10;2*1-2;2-1-3;2-1(3)4/h2-11H,1H3;2-5H,6H2,1H3;2*1-2H3;1H2;. The van der Waals surface area contributed by atoms with Gasteiger partial charge in [0.15, 0.2) is 5.78 Å². The van der Waals surface area contributed by atoms with Gasteiger partial charge in [0.1, 0.15) is 16.5 Å². The van der Waals surface area contributed by atoms with Crippen molar-refractivity contribution in [1.82, 2.24) is 4.98 Å². The molecule has 0 unspecified atom stereocenters. The molecular weight excluding hydrogens is 856 g/mol. The molecule has 4 nitrogen and oxygen atoms in total. The van der Waals surface area contributed by atoms with Crippen LogP contribution in [0.4, 0.5) is 0 Å². The lowest BCUT2D eigenvalue weighted by Crippen LogP contribution is -1.99. The third-order valence-corrected chi connectivity index (χ3v) is 5.80. The maximum atomic E-state index is 11.2. The largest absolute Gasteiger partial charge is 0.497 e. The minimum atomic E-state index is 0.0638. The number of Topliss-reactive ketones (excluding diaryl/α,β-unsaturated/α-hetero) is 1. The maximum Gasteiger partial charge on any atom is 0.369 e. The normalized spacial score (nSPS) is 8.76. The first-order valence-electron chi connectivity index (χ1n) is 12.7. The molecule has 0 atom stereocenters. The van der Waals surface area contributed by atoms with E-state index < -0.39 is 0 Å². The number of alkyl halides is 3. The van der Waals surface area contributed by atoms with Crippen LogP contribution >= 0.6 is 97.7 Å². The summed E-state index contributed by atoms with van der Waals surface area (Å²) in [6.45, 7) is 8.00. The smallest absolute Gasteiger partial charge is 0.369 e. The number of thiazole rings is 1. The molecule has 230 valence electrons. The predicted octanol–water partition coefficient (Wildman–Crippen LogP) is 12.4. The van der Waals surface area contributed by atoms with Gasteiger partial charge in [0.2, 0.25) is 0 Å². The molecule has 0 bridgehead atoms. The molecule has 0 N–H and O–H groups in total. The number of aromatic nitrogens is 1. The van der Waals surface area contributed by atoms with Crippen molar-refractivity contribution >= 4 is 107 Å². The molecule has 0 aliphatic heterocycles. The number of halogens is 6. The van der Waals surface area contributed by atoms with E-state index in [9.17, 15) is 4.79 Å². The second-order valence-electron chi connectivity index (χ2n) is 6.77. The first kappa shape index (κ1) is 43.3. The molecule has 1 heterocycles. The van der Waals surface area contributed by atoms with Crippen LogP contribution in [-0.2, 0) is 0 Å². The maximum absolute atomic E-state index is 11.2. The third-order valence-electron chi connectivity index (χ3n) is 4.40. The van der Waals surface area contributed by atoms with E-state index >= 15 is 0 Å². The Hall–Kier alpha value is -0.875. The van der Waals surface area contributed by atoms with E-state index in [4.69, 9.17) is 32.7 Å². The number of methoxy groups -OCH3 is 2. The zero-order valence-corrected chi connectivity index (χ0v) is 33.1. The van der Waals surface area contributed by atoms with Crippen LogP contribution in [0.15, 0.2) is 84.2 Å². The van der Waals surface area contributed by atoms with Crippen LogP contribution in [0.2, 0.25) is 0 Å². The van der Waals surface area contributed by atoms with Gasteiger partial charge in [0.25, 0.3) is 0 Å². The number of rotatable bonds is 6. The number of ether oxygens (including phenoxy) is 2. The number of ketones is 1. The van der Waals surface area contributed by atoms with Crippen molar-refractivity contribution in [2.45, 2.75) is 27.7 Å². The third kappa shape index (κ3) is 19.4. The molecule has 42 heavy (non-hydrogen) atoms. The van der Waals surface area contributed by atoms with Crippen LogP contribution in [0.25, 0.3) is 21.8 Å². The summed E-state index contributed by atoms with van der Waals surface area (Å²) in [5.74, 6) is 1.63. The molecule has 0 saturated heterocycles. The van der Waals surface area contributed by atoms with Gasteiger partial charge >= 0.3 is 3.18 Å². The molecular formula is C30H36BBr4Cl2NO3S. The lowest BCUT2D eigenvalue weighted by Gasteiger charge is -2.01. The number of hydrogen-bond donors (Lipinski definition) is 0. The highest BCUT2D eigenvalue weighted by molar-refractivity contribution is 9.69. The molecule has 12 heteroatoms. The van der Waals surface area contributed by atoms with Crippen molar-refractivity contribution in [3.05, 3.63) is 89.8 Å². The fraction of sp³-hybridized carbons (Fsp3) is 0.267. The summed E-state index contributed by atoms with van der Waals surface area (Å²) in [6.07, 6.45) is 0. The van der Waals surface area contributed by atoms with Gasteiger partial charge in [0, 0.05) is 22.1 Å². The fourth-order valence-electron chi connectivity index (χ4n) is 2.78. The molecule has 3 aromatic carbocycles. The summed E-state index contributed by atoms with van der Waals surface area (Å²) < 4.78 is 10.5. The van der Waals surface area contributed by atoms with E-state index in [-0.39, 0.29) is 14.3 Å². The van der Waals surface area contributed by atoms with E-state index in [1.165, 1.54) is 0 Å². The van der Waals surface area contributed by atoms with Crippen LogP contribution in [0, 0.1) is 0 Å². The fourth-order valence-corrected chi connectivity index (χ4v) is 3.93. The van der Waals surface area contributed by atoms with E-state index in [1.54, 1.807) is 43.8 Å². The molecule has 0 saturated carbocycles. The molecule has 4 aromatic rings. The van der Waals surface area contributed by atoms with Crippen molar-refractivity contribution in [2.24, 2.45) is 0 Å². The molecule has 4 rings (SSSR count).